The molecule has 1 aromatic carbocycles. The topological polar surface area (TPSA) is 63.1 Å². The van der Waals surface area contributed by atoms with Gasteiger partial charge in [0.2, 0.25) is 0 Å². The predicted octanol–water partition coefficient (Wildman–Crippen LogP) is 2.96. The van der Waals surface area contributed by atoms with Crippen LogP contribution in [-0.4, -0.2) is 44.5 Å². The van der Waals surface area contributed by atoms with Crippen molar-refractivity contribution in [3.05, 3.63) is 54.0 Å². The highest BCUT2D eigenvalue weighted by Gasteiger charge is 2.25. The van der Waals surface area contributed by atoms with Crippen LogP contribution in [0, 0.1) is 11.6 Å². The second kappa shape index (κ2) is 6.94. The van der Waals surface area contributed by atoms with Gasteiger partial charge in [-0.3, -0.25) is 4.79 Å². The standard InChI is InChI=1S/C19H19F2N5O/c1-25-11-23-17-7-12(9-22-18(17)25)19(27)26-6-2-3-14(10-26)24-13-4-5-15(20)16(21)8-13/h4-5,7-9,11,14,24H,2-3,6,10H2,1H3. The van der Waals surface area contributed by atoms with Crippen LogP contribution in [0.3, 0.4) is 0 Å². The molecule has 4 rings (SSSR count). The number of fused-ring (bicyclic) bond motifs is 1. The number of halogens is 2. The van der Waals surface area contributed by atoms with Gasteiger partial charge >= 0.3 is 0 Å². The predicted molar refractivity (Wildman–Crippen MR) is 97.4 cm³/mol. The number of hydrogen-bond donors (Lipinski definition) is 1. The minimum Gasteiger partial charge on any atom is -0.380 e. The number of aromatic nitrogens is 3. The van der Waals surface area contributed by atoms with E-state index in [1.54, 1.807) is 28.1 Å². The molecule has 6 nitrogen and oxygen atoms in total. The van der Waals surface area contributed by atoms with Crippen LogP contribution in [0.5, 0.6) is 0 Å². The molecule has 8 heteroatoms. The van der Waals surface area contributed by atoms with E-state index in [2.05, 4.69) is 15.3 Å². The average Bonchev–Trinajstić information content (AvgIpc) is 3.05. The Kier molecular flexibility index (Phi) is 4.47. The third-order valence-corrected chi connectivity index (χ3v) is 4.80. The Labute approximate surface area is 154 Å². The zero-order chi connectivity index (χ0) is 19.0. The molecule has 1 fully saturated rings. The largest absolute Gasteiger partial charge is 0.380 e. The molecule has 0 radical (unpaired) electrons. The van der Waals surface area contributed by atoms with E-state index in [9.17, 15) is 13.6 Å². The summed E-state index contributed by atoms with van der Waals surface area (Å²) in [5, 5.41) is 3.19. The average molecular weight is 371 g/mol. The number of likely N-dealkylation sites (tertiary alicyclic amines) is 1. The minimum absolute atomic E-state index is 0.0286. The number of imidazole rings is 1. The molecule has 0 spiro atoms. The number of nitrogens with zero attached hydrogens (tertiary/aromatic N) is 4. The van der Waals surface area contributed by atoms with Crippen LogP contribution in [0.15, 0.2) is 36.8 Å². The fourth-order valence-corrected chi connectivity index (χ4v) is 3.42. The number of carbonyl (C=O) groups is 1. The third kappa shape index (κ3) is 3.47. The highest BCUT2D eigenvalue weighted by molar-refractivity contribution is 5.96. The molecule has 2 aromatic heterocycles. The summed E-state index contributed by atoms with van der Waals surface area (Å²) in [6.45, 7) is 1.13. The monoisotopic (exact) mass is 371 g/mol. The van der Waals surface area contributed by atoms with Crippen LogP contribution in [0.2, 0.25) is 0 Å². The number of aryl methyl sites for hydroxylation is 1. The van der Waals surface area contributed by atoms with Gasteiger partial charge in [0.05, 0.1) is 11.9 Å². The van der Waals surface area contributed by atoms with Crippen molar-refractivity contribution in [2.75, 3.05) is 18.4 Å². The molecule has 0 aliphatic carbocycles. The zero-order valence-corrected chi connectivity index (χ0v) is 14.8. The van der Waals surface area contributed by atoms with Gasteiger partial charge in [-0.05, 0) is 31.0 Å². The molecule has 1 unspecified atom stereocenters. The third-order valence-electron chi connectivity index (χ3n) is 4.80. The van der Waals surface area contributed by atoms with E-state index in [1.807, 2.05) is 7.05 Å². The Morgan fingerprint density at radius 1 is 1.22 bits per heavy atom. The minimum atomic E-state index is -0.890. The van der Waals surface area contributed by atoms with Gasteiger partial charge in [-0.25, -0.2) is 18.7 Å². The maximum absolute atomic E-state index is 13.4. The van der Waals surface area contributed by atoms with Gasteiger partial charge in [-0.15, -0.1) is 0 Å². The smallest absolute Gasteiger partial charge is 0.255 e. The van der Waals surface area contributed by atoms with E-state index in [-0.39, 0.29) is 11.9 Å². The van der Waals surface area contributed by atoms with E-state index in [0.717, 1.165) is 30.6 Å². The summed E-state index contributed by atoms with van der Waals surface area (Å²) in [6.07, 6.45) is 4.90. The maximum atomic E-state index is 13.4. The van der Waals surface area contributed by atoms with Gasteiger partial charge in [-0.1, -0.05) is 0 Å². The lowest BCUT2D eigenvalue weighted by Gasteiger charge is -2.33. The van der Waals surface area contributed by atoms with Gasteiger partial charge in [0, 0.05) is 44.1 Å². The Bertz CT molecular complexity index is 1000. The first-order valence-electron chi connectivity index (χ1n) is 8.79. The molecule has 0 bridgehead atoms. The molecule has 1 aliphatic heterocycles. The summed E-state index contributed by atoms with van der Waals surface area (Å²) >= 11 is 0. The van der Waals surface area contributed by atoms with E-state index in [0.29, 0.717) is 29.9 Å². The molecule has 1 aliphatic rings. The van der Waals surface area contributed by atoms with Crippen molar-refractivity contribution < 1.29 is 13.6 Å². The summed E-state index contributed by atoms with van der Waals surface area (Å²) in [5.41, 5.74) is 2.40. The van der Waals surface area contributed by atoms with Crippen molar-refractivity contribution in [2.24, 2.45) is 7.05 Å². The van der Waals surface area contributed by atoms with Crippen LogP contribution in [0.1, 0.15) is 23.2 Å². The summed E-state index contributed by atoms with van der Waals surface area (Å²) in [6, 6.07) is 5.44. The number of hydrogen-bond acceptors (Lipinski definition) is 4. The summed E-state index contributed by atoms with van der Waals surface area (Å²) in [7, 11) is 1.85. The highest BCUT2D eigenvalue weighted by Crippen LogP contribution is 2.20. The number of nitrogens with one attached hydrogen (secondary N) is 1. The Morgan fingerprint density at radius 3 is 2.89 bits per heavy atom. The van der Waals surface area contributed by atoms with Crippen molar-refractivity contribution >= 4 is 22.8 Å². The van der Waals surface area contributed by atoms with E-state index < -0.39 is 11.6 Å². The SMILES string of the molecule is Cn1cnc2cc(C(=O)N3CCCC(Nc4ccc(F)c(F)c4)C3)cnc21. The van der Waals surface area contributed by atoms with E-state index in [1.165, 1.54) is 6.07 Å². The van der Waals surface area contributed by atoms with E-state index >= 15 is 0 Å². The lowest BCUT2D eigenvalue weighted by Crippen LogP contribution is -2.45. The molecule has 3 aromatic rings. The second-order valence-electron chi connectivity index (χ2n) is 6.79. The van der Waals surface area contributed by atoms with Crippen molar-refractivity contribution in [3.8, 4) is 0 Å². The van der Waals surface area contributed by atoms with Crippen molar-refractivity contribution in [3.63, 3.8) is 0 Å². The Morgan fingerprint density at radius 2 is 2.07 bits per heavy atom. The number of carbonyl (C=O) groups excluding carboxylic acids is 1. The normalized spacial score (nSPS) is 17.3. The molecule has 140 valence electrons. The van der Waals surface area contributed by atoms with Crippen LogP contribution in [-0.2, 0) is 7.05 Å². The molecular formula is C19H19F2N5O. The Hall–Kier alpha value is -3.03. The first kappa shape index (κ1) is 17.4. The van der Waals surface area contributed by atoms with E-state index in [4.69, 9.17) is 0 Å². The first-order chi connectivity index (χ1) is 13.0. The van der Waals surface area contributed by atoms with Crippen LogP contribution in [0.4, 0.5) is 14.5 Å². The van der Waals surface area contributed by atoms with Gasteiger partial charge < -0.3 is 14.8 Å². The molecule has 27 heavy (non-hydrogen) atoms. The zero-order valence-electron chi connectivity index (χ0n) is 14.8. The quantitative estimate of drug-likeness (QED) is 0.769. The number of piperidine rings is 1. The van der Waals surface area contributed by atoms with Crippen molar-refractivity contribution in [2.45, 2.75) is 18.9 Å². The molecular weight excluding hydrogens is 352 g/mol. The highest BCUT2D eigenvalue weighted by atomic mass is 19.2. The summed E-state index contributed by atoms with van der Waals surface area (Å²) in [5.74, 6) is -1.87. The summed E-state index contributed by atoms with van der Waals surface area (Å²) < 4.78 is 28.3. The fourth-order valence-electron chi connectivity index (χ4n) is 3.42. The number of pyridine rings is 1. The van der Waals surface area contributed by atoms with Crippen LogP contribution >= 0.6 is 0 Å². The van der Waals surface area contributed by atoms with Gasteiger partial charge in [0.15, 0.2) is 17.3 Å². The molecule has 1 amide bonds. The van der Waals surface area contributed by atoms with Gasteiger partial charge in [-0.2, -0.15) is 0 Å². The second-order valence-corrected chi connectivity index (χ2v) is 6.79. The molecule has 0 saturated carbocycles. The van der Waals surface area contributed by atoms with Gasteiger partial charge in [0.25, 0.3) is 5.91 Å². The first-order valence-corrected chi connectivity index (χ1v) is 8.79. The summed E-state index contributed by atoms with van der Waals surface area (Å²) in [4.78, 5) is 23.2. The van der Waals surface area contributed by atoms with Crippen LogP contribution < -0.4 is 5.32 Å². The van der Waals surface area contributed by atoms with Gasteiger partial charge in [0.1, 0.15) is 5.52 Å². The van der Waals surface area contributed by atoms with Crippen molar-refractivity contribution in [1.29, 1.82) is 0 Å². The molecule has 1 saturated heterocycles. The number of anilines is 1. The Balaban J connectivity index is 1.47. The van der Waals surface area contributed by atoms with Crippen molar-refractivity contribution in [1.82, 2.24) is 19.4 Å². The lowest BCUT2D eigenvalue weighted by molar-refractivity contribution is 0.0714. The number of rotatable bonds is 3. The fraction of sp³-hybridized carbons (Fsp3) is 0.316. The van der Waals surface area contributed by atoms with Crippen LogP contribution in [0.25, 0.3) is 11.2 Å². The molecule has 1 atom stereocenters. The molecule has 1 N–H and O–H groups in total. The maximum Gasteiger partial charge on any atom is 0.255 e. The number of benzene rings is 1. The number of amides is 1. The lowest BCUT2D eigenvalue weighted by atomic mass is 10.0. The molecule has 3 heterocycles.